The molecule has 0 saturated carbocycles. The number of anilines is 2. The van der Waals surface area contributed by atoms with Crippen LogP contribution in [0.1, 0.15) is 11.1 Å². The summed E-state index contributed by atoms with van der Waals surface area (Å²) >= 11 is 1.33. The third kappa shape index (κ3) is 2.67. The zero-order valence-electron chi connectivity index (χ0n) is 9.51. The van der Waals surface area contributed by atoms with Crippen LogP contribution >= 0.6 is 11.3 Å². The first-order valence-corrected chi connectivity index (χ1v) is 6.19. The van der Waals surface area contributed by atoms with Gasteiger partial charge in [0.15, 0.2) is 0 Å². The lowest BCUT2D eigenvalue weighted by Gasteiger charge is -2.05. The number of nitrogen functional groups attached to an aromatic ring is 1. The van der Waals surface area contributed by atoms with Gasteiger partial charge in [0, 0.05) is 5.69 Å². The predicted octanol–water partition coefficient (Wildman–Crippen LogP) is 2.38. The SMILES string of the molecule is N#Cc1ccsc1NC(=O)Cc1ccccc1N. The molecule has 5 heteroatoms. The van der Waals surface area contributed by atoms with Crippen molar-refractivity contribution in [1.29, 1.82) is 5.26 Å². The number of nitriles is 1. The highest BCUT2D eigenvalue weighted by atomic mass is 32.1. The fraction of sp³-hybridized carbons (Fsp3) is 0.0769. The molecule has 18 heavy (non-hydrogen) atoms. The van der Waals surface area contributed by atoms with Crippen molar-refractivity contribution in [2.45, 2.75) is 6.42 Å². The molecule has 0 aliphatic carbocycles. The summed E-state index contributed by atoms with van der Waals surface area (Å²) in [7, 11) is 0. The van der Waals surface area contributed by atoms with Crippen molar-refractivity contribution in [3.8, 4) is 6.07 Å². The van der Waals surface area contributed by atoms with Gasteiger partial charge in [0.1, 0.15) is 11.1 Å². The van der Waals surface area contributed by atoms with Gasteiger partial charge in [-0.3, -0.25) is 4.79 Å². The van der Waals surface area contributed by atoms with Gasteiger partial charge in [-0.1, -0.05) is 18.2 Å². The van der Waals surface area contributed by atoms with E-state index in [4.69, 9.17) is 11.0 Å². The lowest BCUT2D eigenvalue weighted by atomic mass is 10.1. The zero-order chi connectivity index (χ0) is 13.0. The fourth-order valence-corrected chi connectivity index (χ4v) is 2.29. The van der Waals surface area contributed by atoms with Gasteiger partial charge in [0.2, 0.25) is 5.91 Å². The van der Waals surface area contributed by atoms with E-state index in [1.807, 2.05) is 24.3 Å². The number of amides is 1. The number of thiophene rings is 1. The van der Waals surface area contributed by atoms with Gasteiger partial charge in [-0.2, -0.15) is 5.26 Å². The molecule has 1 aromatic carbocycles. The van der Waals surface area contributed by atoms with E-state index < -0.39 is 0 Å². The normalized spacial score (nSPS) is 9.72. The van der Waals surface area contributed by atoms with Crippen molar-refractivity contribution >= 4 is 27.9 Å². The maximum Gasteiger partial charge on any atom is 0.229 e. The lowest BCUT2D eigenvalue weighted by Crippen LogP contribution is -2.15. The summed E-state index contributed by atoms with van der Waals surface area (Å²) in [6.07, 6.45) is 0.204. The molecular weight excluding hydrogens is 246 g/mol. The summed E-state index contributed by atoms with van der Waals surface area (Å²) in [5.74, 6) is -0.174. The first-order valence-electron chi connectivity index (χ1n) is 5.31. The smallest absolute Gasteiger partial charge is 0.229 e. The number of nitrogens with one attached hydrogen (secondary N) is 1. The molecule has 4 nitrogen and oxygen atoms in total. The first-order chi connectivity index (χ1) is 8.70. The monoisotopic (exact) mass is 257 g/mol. The Balaban J connectivity index is 2.06. The minimum Gasteiger partial charge on any atom is -0.398 e. The van der Waals surface area contributed by atoms with Crippen molar-refractivity contribution < 1.29 is 4.79 Å². The zero-order valence-corrected chi connectivity index (χ0v) is 10.3. The molecule has 0 spiro atoms. The largest absolute Gasteiger partial charge is 0.398 e. The second-order valence-electron chi connectivity index (χ2n) is 3.70. The second kappa shape index (κ2) is 5.34. The average molecular weight is 257 g/mol. The van der Waals surface area contributed by atoms with E-state index in [9.17, 15) is 4.79 Å². The molecule has 0 radical (unpaired) electrons. The van der Waals surface area contributed by atoms with E-state index >= 15 is 0 Å². The molecule has 0 bridgehead atoms. The average Bonchev–Trinajstić information content (AvgIpc) is 2.79. The van der Waals surface area contributed by atoms with Crippen LogP contribution in [0.3, 0.4) is 0 Å². The maximum atomic E-state index is 11.8. The Morgan fingerprint density at radius 1 is 1.39 bits per heavy atom. The van der Waals surface area contributed by atoms with Crippen molar-refractivity contribution in [2.24, 2.45) is 0 Å². The van der Waals surface area contributed by atoms with Crippen LogP contribution in [-0.2, 0) is 11.2 Å². The number of nitrogens with two attached hydrogens (primary N) is 1. The highest BCUT2D eigenvalue weighted by molar-refractivity contribution is 7.14. The Hall–Kier alpha value is -2.32. The van der Waals surface area contributed by atoms with Crippen LogP contribution in [0.4, 0.5) is 10.7 Å². The highest BCUT2D eigenvalue weighted by Gasteiger charge is 2.10. The molecule has 0 unspecified atom stereocenters. The van der Waals surface area contributed by atoms with Crippen LogP contribution in [0, 0.1) is 11.3 Å². The molecule has 0 aliphatic rings. The van der Waals surface area contributed by atoms with E-state index in [0.717, 1.165) is 5.56 Å². The molecule has 2 rings (SSSR count). The van der Waals surface area contributed by atoms with Crippen LogP contribution in [0.2, 0.25) is 0 Å². The van der Waals surface area contributed by atoms with Gasteiger partial charge in [0.25, 0.3) is 0 Å². The topological polar surface area (TPSA) is 78.9 Å². The Bertz CT molecular complexity index is 607. The summed E-state index contributed by atoms with van der Waals surface area (Å²) in [6, 6.07) is 10.9. The number of para-hydroxylation sites is 1. The van der Waals surface area contributed by atoms with Crippen molar-refractivity contribution in [1.82, 2.24) is 0 Å². The number of hydrogen-bond donors (Lipinski definition) is 2. The van der Waals surface area contributed by atoms with E-state index in [-0.39, 0.29) is 12.3 Å². The third-order valence-electron chi connectivity index (χ3n) is 2.44. The lowest BCUT2D eigenvalue weighted by molar-refractivity contribution is -0.115. The number of carbonyl (C=O) groups excluding carboxylic acids is 1. The van der Waals surface area contributed by atoms with Gasteiger partial charge in [0.05, 0.1) is 12.0 Å². The highest BCUT2D eigenvalue weighted by Crippen LogP contribution is 2.22. The van der Waals surface area contributed by atoms with E-state index in [0.29, 0.717) is 16.3 Å². The molecule has 0 aliphatic heterocycles. The number of benzene rings is 1. The van der Waals surface area contributed by atoms with E-state index in [1.165, 1.54) is 11.3 Å². The molecule has 2 aromatic rings. The summed E-state index contributed by atoms with van der Waals surface area (Å²) < 4.78 is 0. The minimum atomic E-state index is -0.174. The number of hydrogen-bond acceptors (Lipinski definition) is 4. The number of carbonyl (C=O) groups is 1. The summed E-state index contributed by atoms with van der Waals surface area (Å²) in [5.41, 5.74) is 7.63. The Morgan fingerprint density at radius 2 is 2.17 bits per heavy atom. The van der Waals surface area contributed by atoms with Gasteiger partial charge in [-0.15, -0.1) is 11.3 Å². The van der Waals surface area contributed by atoms with Crippen LogP contribution in [0.25, 0.3) is 0 Å². The van der Waals surface area contributed by atoms with Crippen molar-refractivity contribution in [3.63, 3.8) is 0 Å². The first kappa shape index (κ1) is 12.1. The number of nitrogens with zero attached hydrogens (tertiary/aromatic N) is 1. The van der Waals surface area contributed by atoms with Crippen molar-refractivity contribution in [2.75, 3.05) is 11.1 Å². The van der Waals surface area contributed by atoms with Crippen molar-refractivity contribution in [3.05, 3.63) is 46.8 Å². The Kier molecular flexibility index (Phi) is 3.60. The van der Waals surface area contributed by atoms with Crippen LogP contribution < -0.4 is 11.1 Å². The van der Waals surface area contributed by atoms with E-state index in [2.05, 4.69) is 5.32 Å². The van der Waals surface area contributed by atoms with Gasteiger partial charge in [-0.05, 0) is 23.1 Å². The van der Waals surface area contributed by atoms with E-state index in [1.54, 1.807) is 17.5 Å². The predicted molar refractivity (Wildman–Crippen MR) is 72.2 cm³/mol. The second-order valence-corrected chi connectivity index (χ2v) is 4.62. The maximum absolute atomic E-state index is 11.8. The molecule has 1 amide bonds. The quantitative estimate of drug-likeness (QED) is 0.828. The summed E-state index contributed by atoms with van der Waals surface area (Å²) in [6.45, 7) is 0. The molecule has 0 saturated heterocycles. The van der Waals surface area contributed by atoms with Gasteiger partial charge < -0.3 is 11.1 Å². The standard InChI is InChI=1S/C13H11N3OS/c14-8-10-5-6-18-13(10)16-12(17)7-9-3-1-2-4-11(9)15/h1-6H,7,15H2,(H,16,17). The molecule has 90 valence electrons. The molecule has 1 aromatic heterocycles. The number of rotatable bonds is 3. The summed E-state index contributed by atoms with van der Waals surface area (Å²) in [4.78, 5) is 11.8. The third-order valence-corrected chi connectivity index (χ3v) is 3.27. The fourth-order valence-electron chi connectivity index (χ4n) is 1.53. The van der Waals surface area contributed by atoms with Gasteiger partial charge in [-0.25, -0.2) is 0 Å². The Morgan fingerprint density at radius 3 is 2.89 bits per heavy atom. The van der Waals surface area contributed by atoms with Crippen LogP contribution in [-0.4, -0.2) is 5.91 Å². The summed E-state index contributed by atoms with van der Waals surface area (Å²) in [5, 5.41) is 13.9. The van der Waals surface area contributed by atoms with Gasteiger partial charge >= 0.3 is 0 Å². The van der Waals surface area contributed by atoms with Crippen LogP contribution in [0.15, 0.2) is 35.7 Å². The molecular formula is C13H11N3OS. The Labute approximate surface area is 109 Å². The molecule has 0 fully saturated rings. The molecule has 1 heterocycles. The molecule has 3 N–H and O–H groups in total. The molecule has 0 atom stereocenters. The van der Waals surface area contributed by atoms with Crippen LogP contribution in [0.5, 0.6) is 0 Å². The minimum absolute atomic E-state index is 0.174.